The van der Waals surface area contributed by atoms with Gasteiger partial charge in [0.25, 0.3) is 0 Å². The molecular weight excluding hydrogens is 246 g/mol. The van der Waals surface area contributed by atoms with E-state index in [9.17, 15) is 9.90 Å². The highest BCUT2D eigenvalue weighted by Gasteiger charge is 2.14. The van der Waals surface area contributed by atoms with E-state index in [1.807, 2.05) is 0 Å². The van der Waals surface area contributed by atoms with Gasteiger partial charge in [-0.3, -0.25) is 9.69 Å². The smallest absolute Gasteiger partial charge is 0.238 e. The van der Waals surface area contributed by atoms with Crippen molar-refractivity contribution in [1.82, 2.24) is 10.2 Å². The maximum Gasteiger partial charge on any atom is 0.238 e. The summed E-state index contributed by atoms with van der Waals surface area (Å²) in [6, 6.07) is 4.74. The third-order valence-corrected chi connectivity index (χ3v) is 3.05. The van der Waals surface area contributed by atoms with E-state index in [1.54, 1.807) is 19.2 Å². The lowest BCUT2D eigenvalue weighted by molar-refractivity contribution is -0.117. The lowest BCUT2D eigenvalue weighted by Crippen LogP contribution is -2.46. The molecule has 0 spiro atoms. The van der Waals surface area contributed by atoms with Gasteiger partial charge >= 0.3 is 0 Å². The number of ether oxygens (including phenoxy) is 1. The number of benzene rings is 1. The van der Waals surface area contributed by atoms with Crippen molar-refractivity contribution >= 4 is 11.6 Å². The topological polar surface area (TPSA) is 73.8 Å². The van der Waals surface area contributed by atoms with Crippen molar-refractivity contribution < 1.29 is 14.6 Å². The van der Waals surface area contributed by atoms with Crippen molar-refractivity contribution in [2.75, 3.05) is 45.2 Å². The first-order chi connectivity index (χ1) is 9.19. The van der Waals surface area contributed by atoms with Crippen LogP contribution in [0.4, 0.5) is 5.69 Å². The highest BCUT2D eigenvalue weighted by atomic mass is 16.5. The molecule has 0 unspecified atom stereocenters. The average molecular weight is 265 g/mol. The van der Waals surface area contributed by atoms with E-state index in [1.165, 1.54) is 6.07 Å². The van der Waals surface area contributed by atoms with Gasteiger partial charge in [0, 0.05) is 32.2 Å². The number of carbonyl (C=O) groups excluding carboxylic acids is 1. The van der Waals surface area contributed by atoms with Crippen LogP contribution in [0, 0.1) is 0 Å². The van der Waals surface area contributed by atoms with Crippen LogP contribution in [0.15, 0.2) is 18.2 Å². The van der Waals surface area contributed by atoms with Crippen LogP contribution in [0.25, 0.3) is 0 Å². The summed E-state index contributed by atoms with van der Waals surface area (Å²) in [7, 11) is 1.54. The van der Waals surface area contributed by atoms with Gasteiger partial charge in [0.05, 0.1) is 19.3 Å². The molecule has 0 aromatic heterocycles. The number of aromatic hydroxyl groups is 1. The van der Waals surface area contributed by atoms with Crippen LogP contribution in [-0.4, -0.2) is 55.7 Å². The van der Waals surface area contributed by atoms with E-state index in [0.29, 0.717) is 18.0 Å². The molecule has 1 saturated heterocycles. The Hall–Kier alpha value is -1.79. The Morgan fingerprint density at radius 2 is 2.21 bits per heavy atom. The van der Waals surface area contributed by atoms with Crippen molar-refractivity contribution in [1.29, 1.82) is 0 Å². The van der Waals surface area contributed by atoms with Crippen molar-refractivity contribution in [2.24, 2.45) is 0 Å². The second kappa shape index (κ2) is 6.40. The van der Waals surface area contributed by atoms with E-state index < -0.39 is 0 Å². The van der Waals surface area contributed by atoms with E-state index in [4.69, 9.17) is 4.74 Å². The number of phenolic OH excluding ortho intramolecular Hbond substituents is 1. The second-order valence-electron chi connectivity index (χ2n) is 4.46. The third kappa shape index (κ3) is 3.84. The van der Waals surface area contributed by atoms with Gasteiger partial charge in [0.15, 0.2) is 0 Å². The molecule has 2 rings (SSSR count). The number of hydrogen-bond donors (Lipinski definition) is 3. The summed E-state index contributed by atoms with van der Waals surface area (Å²) in [6.07, 6.45) is 0. The van der Waals surface area contributed by atoms with Crippen molar-refractivity contribution in [3.05, 3.63) is 18.2 Å². The Kier molecular flexibility index (Phi) is 4.59. The number of carbonyl (C=O) groups is 1. The largest absolute Gasteiger partial charge is 0.506 e. The SMILES string of the molecule is COc1ccc(O)c(NC(=O)CN2CCNCC2)c1. The first-order valence-electron chi connectivity index (χ1n) is 6.29. The van der Waals surface area contributed by atoms with Crippen molar-refractivity contribution in [3.63, 3.8) is 0 Å². The predicted molar refractivity (Wildman–Crippen MR) is 72.6 cm³/mol. The minimum Gasteiger partial charge on any atom is -0.506 e. The molecule has 0 aliphatic carbocycles. The maximum atomic E-state index is 11.9. The number of methoxy groups -OCH3 is 1. The maximum absolute atomic E-state index is 11.9. The molecule has 1 fully saturated rings. The van der Waals surface area contributed by atoms with Gasteiger partial charge < -0.3 is 20.5 Å². The van der Waals surface area contributed by atoms with Crippen LogP contribution in [0.1, 0.15) is 0 Å². The monoisotopic (exact) mass is 265 g/mol. The number of piperazine rings is 1. The van der Waals surface area contributed by atoms with E-state index in [0.717, 1.165) is 26.2 Å². The highest BCUT2D eigenvalue weighted by molar-refractivity contribution is 5.93. The zero-order valence-corrected chi connectivity index (χ0v) is 11.0. The van der Waals surface area contributed by atoms with Crippen LogP contribution in [-0.2, 0) is 4.79 Å². The third-order valence-electron chi connectivity index (χ3n) is 3.05. The van der Waals surface area contributed by atoms with Crippen LogP contribution >= 0.6 is 0 Å². The van der Waals surface area contributed by atoms with Gasteiger partial charge in [-0.25, -0.2) is 0 Å². The summed E-state index contributed by atoms with van der Waals surface area (Å²) in [4.78, 5) is 14.0. The summed E-state index contributed by atoms with van der Waals surface area (Å²) < 4.78 is 5.06. The molecule has 0 bridgehead atoms. The second-order valence-corrected chi connectivity index (χ2v) is 4.46. The molecule has 6 heteroatoms. The van der Waals surface area contributed by atoms with Gasteiger partial charge in [-0.2, -0.15) is 0 Å². The molecule has 1 amide bonds. The van der Waals surface area contributed by atoms with Crippen molar-refractivity contribution in [3.8, 4) is 11.5 Å². The van der Waals surface area contributed by atoms with Gasteiger partial charge in [-0.1, -0.05) is 0 Å². The zero-order chi connectivity index (χ0) is 13.7. The number of hydrogen-bond acceptors (Lipinski definition) is 5. The Balaban J connectivity index is 1.94. The van der Waals surface area contributed by atoms with Gasteiger partial charge in [-0.05, 0) is 12.1 Å². The first kappa shape index (κ1) is 13.6. The lowest BCUT2D eigenvalue weighted by Gasteiger charge is -2.26. The molecule has 1 aliphatic rings. The standard InChI is InChI=1S/C13H19N3O3/c1-19-10-2-3-12(17)11(8-10)15-13(18)9-16-6-4-14-5-7-16/h2-3,8,14,17H,4-7,9H2,1H3,(H,15,18). The molecular formula is C13H19N3O3. The predicted octanol–water partition coefficient (Wildman–Crippen LogP) is 0.244. The molecule has 0 radical (unpaired) electrons. The molecule has 3 N–H and O–H groups in total. The molecule has 1 aliphatic heterocycles. The molecule has 6 nitrogen and oxygen atoms in total. The minimum absolute atomic E-state index is 0.0365. The summed E-state index contributed by atoms with van der Waals surface area (Å²) in [5.74, 6) is 0.496. The van der Waals surface area contributed by atoms with Crippen molar-refractivity contribution in [2.45, 2.75) is 0 Å². The normalized spacial score (nSPS) is 16.1. The Morgan fingerprint density at radius 3 is 2.89 bits per heavy atom. The fraction of sp³-hybridized carbons (Fsp3) is 0.462. The summed E-state index contributed by atoms with van der Waals surface area (Å²) in [5, 5.41) is 15.6. The van der Waals surface area contributed by atoms with E-state index in [2.05, 4.69) is 15.5 Å². The van der Waals surface area contributed by atoms with Crippen LogP contribution < -0.4 is 15.4 Å². The highest BCUT2D eigenvalue weighted by Crippen LogP contribution is 2.27. The molecule has 1 aromatic carbocycles. The molecule has 1 aromatic rings. The number of nitrogens with one attached hydrogen (secondary N) is 2. The Labute approximate surface area is 112 Å². The minimum atomic E-state index is -0.134. The van der Waals surface area contributed by atoms with E-state index >= 15 is 0 Å². The van der Waals surface area contributed by atoms with Gasteiger partial charge in [-0.15, -0.1) is 0 Å². The molecule has 1 heterocycles. The Morgan fingerprint density at radius 1 is 1.47 bits per heavy atom. The fourth-order valence-electron chi connectivity index (χ4n) is 2.00. The molecule has 0 saturated carbocycles. The molecule has 0 atom stereocenters. The summed E-state index contributed by atoms with van der Waals surface area (Å²) >= 11 is 0. The summed E-state index contributed by atoms with van der Waals surface area (Å²) in [5.41, 5.74) is 0.375. The number of nitrogens with zero attached hydrogens (tertiary/aromatic N) is 1. The van der Waals surface area contributed by atoms with Gasteiger partial charge in [0.2, 0.25) is 5.91 Å². The number of amides is 1. The van der Waals surface area contributed by atoms with E-state index in [-0.39, 0.29) is 11.7 Å². The zero-order valence-electron chi connectivity index (χ0n) is 11.0. The average Bonchev–Trinajstić information content (AvgIpc) is 2.42. The number of anilines is 1. The molecule has 19 heavy (non-hydrogen) atoms. The number of phenols is 1. The van der Waals surface area contributed by atoms with Gasteiger partial charge in [0.1, 0.15) is 11.5 Å². The quantitative estimate of drug-likeness (QED) is 0.680. The van der Waals surface area contributed by atoms with Crippen LogP contribution in [0.3, 0.4) is 0 Å². The lowest BCUT2D eigenvalue weighted by atomic mass is 10.2. The van der Waals surface area contributed by atoms with Crippen LogP contribution in [0.2, 0.25) is 0 Å². The van der Waals surface area contributed by atoms with Crippen LogP contribution in [0.5, 0.6) is 11.5 Å². The fourth-order valence-corrected chi connectivity index (χ4v) is 2.00. The Bertz CT molecular complexity index is 445. The number of rotatable bonds is 4. The first-order valence-corrected chi connectivity index (χ1v) is 6.29. The molecule has 104 valence electrons. The summed E-state index contributed by atoms with van der Waals surface area (Å²) in [6.45, 7) is 3.85.